The van der Waals surface area contributed by atoms with Crippen molar-refractivity contribution in [3.8, 4) is 11.4 Å². The summed E-state index contributed by atoms with van der Waals surface area (Å²) >= 11 is 1.53. The second-order valence-corrected chi connectivity index (χ2v) is 5.62. The summed E-state index contributed by atoms with van der Waals surface area (Å²) in [5.74, 6) is 7.05. The second kappa shape index (κ2) is 5.80. The van der Waals surface area contributed by atoms with Crippen molar-refractivity contribution in [2.75, 3.05) is 18.2 Å². The van der Waals surface area contributed by atoms with E-state index in [9.17, 15) is 4.39 Å². The zero-order chi connectivity index (χ0) is 13.9. The lowest BCUT2D eigenvalue weighted by atomic mass is 10.2. The summed E-state index contributed by atoms with van der Waals surface area (Å²) in [5.41, 5.74) is 0.741. The van der Waals surface area contributed by atoms with Gasteiger partial charge < -0.3 is 10.6 Å². The number of hydrogen-bond donors (Lipinski definition) is 1. The molecule has 0 radical (unpaired) electrons. The molecule has 1 aromatic heterocycles. The van der Waals surface area contributed by atoms with Gasteiger partial charge in [-0.15, -0.1) is 10.2 Å². The highest BCUT2D eigenvalue weighted by Gasteiger charge is 2.18. The maximum absolute atomic E-state index is 12.9. The van der Waals surface area contributed by atoms with Gasteiger partial charge >= 0.3 is 0 Å². The average Bonchev–Trinajstić information content (AvgIpc) is 3.08. The number of halogens is 1. The van der Waals surface area contributed by atoms with E-state index in [1.165, 1.54) is 28.6 Å². The van der Waals surface area contributed by atoms with Crippen molar-refractivity contribution in [2.24, 2.45) is 0 Å². The average molecular weight is 294 g/mol. The summed E-state index contributed by atoms with van der Waals surface area (Å²) in [6, 6.07) is 6.03. The van der Waals surface area contributed by atoms with Crippen molar-refractivity contribution in [3.05, 3.63) is 30.1 Å². The molecule has 1 unspecified atom stereocenters. The van der Waals surface area contributed by atoms with Gasteiger partial charge in [-0.25, -0.2) is 9.07 Å². The molecule has 0 saturated carbocycles. The molecule has 0 amide bonds. The van der Waals surface area contributed by atoms with Crippen LogP contribution in [0, 0.1) is 5.82 Å². The minimum atomic E-state index is -0.287. The predicted octanol–water partition coefficient (Wildman–Crippen LogP) is 2.07. The maximum atomic E-state index is 12.9. The minimum absolute atomic E-state index is 0.269. The Labute approximate surface area is 120 Å². The van der Waals surface area contributed by atoms with Crippen LogP contribution in [0.25, 0.3) is 11.4 Å². The summed E-state index contributed by atoms with van der Waals surface area (Å²) in [6.07, 6.45) is 2.46. The Morgan fingerprint density at radius 1 is 1.35 bits per heavy atom. The third kappa shape index (κ3) is 2.78. The van der Waals surface area contributed by atoms with Gasteiger partial charge in [0.1, 0.15) is 5.82 Å². The Balaban J connectivity index is 1.72. The second-order valence-electron chi connectivity index (χ2n) is 4.63. The van der Waals surface area contributed by atoms with Crippen LogP contribution in [0.1, 0.15) is 12.8 Å². The van der Waals surface area contributed by atoms with Crippen LogP contribution in [0.3, 0.4) is 0 Å². The van der Waals surface area contributed by atoms with Crippen molar-refractivity contribution < 1.29 is 9.13 Å². The first-order valence-corrected chi connectivity index (χ1v) is 7.43. The summed E-state index contributed by atoms with van der Waals surface area (Å²) in [6.45, 7) is 0.835. The van der Waals surface area contributed by atoms with E-state index >= 15 is 0 Å². The Hall–Kier alpha value is -1.60. The number of nitrogens with zero attached hydrogens (tertiary/aromatic N) is 3. The molecule has 20 heavy (non-hydrogen) atoms. The molecule has 2 heterocycles. The Kier molecular flexibility index (Phi) is 3.88. The first-order valence-electron chi connectivity index (χ1n) is 6.45. The van der Waals surface area contributed by atoms with Crippen molar-refractivity contribution in [2.45, 2.75) is 24.1 Å². The van der Waals surface area contributed by atoms with Crippen LogP contribution < -0.4 is 5.84 Å². The number of thioether (sulfide) groups is 1. The van der Waals surface area contributed by atoms with Gasteiger partial charge in [0.25, 0.3) is 0 Å². The number of ether oxygens (including phenoxy) is 1. The van der Waals surface area contributed by atoms with E-state index < -0.39 is 0 Å². The SMILES string of the molecule is Nn1c(SCC2CCCO2)nnc1-c1ccc(F)cc1. The zero-order valence-electron chi connectivity index (χ0n) is 10.8. The molecule has 1 atom stereocenters. The normalized spacial score (nSPS) is 18.6. The van der Waals surface area contributed by atoms with Gasteiger partial charge in [0.05, 0.1) is 6.10 Å². The Morgan fingerprint density at radius 3 is 2.85 bits per heavy atom. The van der Waals surface area contributed by atoms with Gasteiger partial charge in [0, 0.05) is 17.9 Å². The third-order valence-corrected chi connectivity index (χ3v) is 4.26. The number of nitrogens with two attached hydrogens (primary N) is 1. The van der Waals surface area contributed by atoms with Gasteiger partial charge in [-0.3, -0.25) is 0 Å². The maximum Gasteiger partial charge on any atom is 0.210 e. The summed E-state index contributed by atoms with van der Waals surface area (Å²) in [7, 11) is 0. The molecule has 0 spiro atoms. The Morgan fingerprint density at radius 2 is 2.15 bits per heavy atom. The van der Waals surface area contributed by atoms with Gasteiger partial charge in [-0.2, -0.15) is 0 Å². The minimum Gasteiger partial charge on any atom is -0.377 e. The molecule has 2 aromatic rings. The topological polar surface area (TPSA) is 66.0 Å². The van der Waals surface area contributed by atoms with Crippen LogP contribution in [0.4, 0.5) is 4.39 Å². The molecule has 106 valence electrons. The molecule has 1 aromatic carbocycles. The van der Waals surface area contributed by atoms with E-state index in [1.807, 2.05) is 0 Å². The molecule has 1 fully saturated rings. The number of rotatable bonds is 4. The zero-order valence-corrected chi connectivity index (χ0v) is 11.6. The number of hydrogen-bond acceptors (Lipinski definition) is 5. The molecule has 1 aliphatic rings. The number of nitrogen functional groups attached to an aromatic ring is 1. The van der Waals surface area contributed by atoms with Crippen LogP contribution in [0.2, 0.25) is 0 Å². The molecular weight excluding hydrogens is 279 g/mol. The Bertz CT molecular complexity index is 581. The van der Waals surface area contributed by atoms with E-state index in [4.69, 9.17) is 10.6 Å². The van der Waals surface area contributed by atoms with Crippen LogP contribution in [0.5, 0.6) is 0 Å². The lowest BCUT2D eigenvalue weighted by Crippen LogP contribution is -2.14. The van der Waals surface area contributed by atoms with Crippen molar-refractivity contribution in [3.63, 3.8) is 0 Å². The van der Waals surface area contributed by atoms with E-state index in [-0.39, 0.29) is 11.9 Å². The van der Waals surface area contributed by atoms with Gasteiger partial charge in [0.15, 0.2) is 5.82 Å². The fraction of sp³-hybridized carbons (Fsp3) is 0.385. The summed E-state index contributed by atoms with van der Waals surface area (Å²) < 4.78 is 19.9. The highest BCUT2D eigenvalue weighted by atomic mass is 32.2. The molecule has 3 rings (SSSR count). The summed E-state index contributed by atoms with van der Waals surface area (Å²) in [5, 5.41) is 8.78. The molecule has 1 aliphatic heterocycles. The van der Waals surface area contributed by atoms with Gasteiger partial charge in [-0.1, -0.05) is 11.8 Å². The lowest BCUT2D eigenvalue weighted by Gasteiger charge is -2.08. The number of benzene rings is 1. The van der Waals surface area contributed by atoms with Crippen LogP contribution >= 0.6 is 11.8 Å². The number of aromatic nitrogens is 3. The van der Waals surface area contributed by atoms with Crippen LogP contribution in [-0.4, -0.2) is 33.3 Å². The van der Waals surface area contributed by atoms with E-state index in [1.54, 1.807) is 12.1 Å². The third-order valence-electron chi connectivity index (χ3n) is 3.19. The fourth-order valence-corrected chi connectivity index (χ4v) is 3.04. The highest BCUT2D eigenvalue weighted by Crippen LogP contribution is 2.25. The molecular formula is C13H15FN4OS. The van der Waals surface area contributed by atoms with Crippen molar-refractivity contribution in [1.82, 2.24) is 14.9 Å². The van der Waals surface area contributed by atoms with Crippen LogP contribution in [-0.2, 0) is 4.74 Å². The highest BCUT2D eigenvalue weighted by molar-refractivity contribution is 7.99. The van der Waals surface area contributed by atoms with Gasteiger partial charge in [0.2, 0.25) is 5.16 Å². The standard InChI is InChI=1S/C13H15FN4OS/c14-10-5-3-9(4-6-10)12-16-17-13(18(12)15)20-8-11-2-1-7-19-11/h3-6,11H,1-2,7-8,15H2. The molecule has 2 N–H and O–H groups in total. The van der Waals surface area contributed by atoms with E-state index in [2.05, 4.69) is 10.2 Å². The monoisotopic (exact) mass is 294 g/mol. The fourth-order valence-electron chi connectivity index (χ4n) is 2.11. The quantitative estimate of drug-likeness (QED) is 0.690. The molecule has 7 heteroatoms. The largest absolute Gasteiger partial charge is 0.377 e. The van der Waals surface area contributed by atoms with Crippen LogP contribution in [0.15, 0.2) is 29.4 Å². The molecule has 0 aliphatic carbocycles. The predicted molar refractivity (Wildman–Crippen MR) is 75.3 cm³/mol. The first-order chi connectivity index (χ1) is 9.74. The van der Waals surface area contributed by atoms with Crippen molar-refractivity contribution in [1.29, 1.82) is 0 Å². The molecule has 5 nitrogen and oxygen atoms in total. The van der Waals surface area contributed by atoms with E-state index in [0.717, 1.165) is 30.8 Å². The van der Waals surface area contributed by atoms with Crippen molar-refractivity contribution >= 4 is 11.8 Å². The van der Waals surface area contributed by atoms with Gasteiger partial charge in [-0.05, 0) is 37.1 Å². The van der Waals surface area contributed by atoms with E-state index in [0.29, 0.717) is 11.0 Å². The molecule has 0 bridgehead atoms. The summed E-state index contributed by atoms with van der Waals surface area (Å²) in [4.78, 5) is 0. The smallest absolute Gasteiger partial charge is 0.210 e. The first kappa shape index (κ1) is 13.4. The lowest BCUT2D eigenvalue weighted by molar-refractivity contribution is 0.129. The molecule has 1 saturated heterocycles.